The zero-order valence-electron chi connectivity index (χ0n) is 9.41. The van der Waals surface area contributed by atoms with Crippen LogP contribution in [0, 0.1) is 17.6 Å². The first-order valence-electron chi connectivity index (χ1n) is 5.15. The first-order valence-corrected chi connectivity index (χ1v) is 5.15. The van der Waals surface area contributed by atoms with Gasteiger partial charge in [-0.25, -0.2) is 8.78 Å². The lowest BCUT2D eigenvalue weighted by Crippen LogP contribution is -2.24. The zero-order valence-corrected chi connectivity index (χ0v) is 9.41. The topological polar surface area (TPSA) is 29.5 Å². The van der Waals surface area contributed by atoms with Gasteiger partial charge in [0, 0.05) is 19.4 Å². The fourth-order valence-corrected chi connectivity index (χ4v) is 1.50. The highest BCUT2D eigenvalue weighted by molar-refractivity contribution is 5.19. The van der Waals surface area contributed by atoms with Gasteiger partial charge in [-0.2, -0.15) is 0 Å². The van der Waals surface area contributed by atoms with Crippen molar-refractivity contribution in [1.29, 1.82) is 0 Å². The molecule has 90 valence electrons. The molecule has 1 N–H and O–H groups in total. The van der Waals surface area contributed by atoms with Crippen LogP contribution in [0.15, 0.2) is 18.2 Å². The minimum atomic E-state index is -0.740. The van der Waals surface area contributed by atoms with Crippen molar-refractivity contribution in [3.63, 3.8) is 0 Å². The number of rotatable bonds is 5. The molecule has 0 aromatic heterocycles. The molecule has 2 nitrogen and oxygen atoms in total. The van der Waals surface area contributed by atoms with E-state index in [4.69, 9.17) is 4.74 Å². The summed E-state index contributed by atoms with van der Waals surface area (Å²) in [7, 11) is 1.53. The Labute approximate surface area is 93.9 Å². The van der Waals surface area contributed by atoms with Crippen molar-refractivity contribution >= 4 is 0 Å². The van der Waals surface area contributed by atoms with Gasteiger partial charge in [0.2, 0.25) is 0 Å². The van der Waals surface area contributed by atoms with Crippen molar-refractivity contribution in [2.24, 2.45) is 5.92 Å². The summed E-state index contributed by atoms with van der Waals surface area (Å²) < 4.78 is 31.0. The Bertz CT molecular complexity index is 342. The number of hydrogen-bond acceptors (Lipinski definition) is 2. The largest absolute Gasteiger partial charge is 0.392 e. The number of halogens is 2. The Hall–Kier alpha value is -1.00. The minimum Gasteiger partial charge on any atom is -0.392 e. The van der Waals surface area contributed by atoms with Crippen LogP contribution in [0.2, 0.25) is 0 Å². The van der Waals surface area contributed by atoms with Crippen LogP contribution in [0.5, 0.6) is 0 Å². The quantitative estimate of drug-likeness (QED) is 0.839. The van der Waals surface area contributed by atoms with Crippen LogP contribution < -0.4 is 0 Å². The van der Waals surface area contributed by atoms with Crippen LogP contribution in [-0.4, -0.2) is 24.9 Å². The Balaban J connectivity index is 2.68. The summed E-state index contributed by atoms with van der Waals surface area (Å²) in [5, 5.41) is 9.75. The first-order chi connectivity index (χ1) is 7.54. The average molecular weight is 230 g/mol. The maximum absolute atomic E-state index is 13.3. The molecule has 1 aromatic carbocycles. The van der Waals surface area contributed by atoms with Crippen molar-refractivity contribution in [2.75, 3.05) is 13.7 Å². The van der Waals surface area contributed by atoms with E-state index in [-0.39, 0.29) is 17.9 Å². The van der Waals surface area contributed by atoms with Gasteiger partial charge in [0.25, 0.3) is 0 Å². The molecule has 0 saturated carbocycles. The minimum absolute atomic E-state index is 0.0914. The van der Waals surface area contributed by atoms with E-state index in [0.29, 0.717) is 6.61 Å². The molecular formula is C12H16F2O2. The summed E-state index contributed by atoms with van der Waals surface area (Å²) in [5.74, 6) is -1.11. The highest BCUT2D eigenvalue weighted by Gasteiger charge is 2.16. The molecule has 0 aliphatic carbocycles. The fraction of sp³-hybridized carbons (Fsp3) is 0.500. The van der Waals surface area contributed by atoms with Crippen LogP contribution in [0.25, 0.3) is 0 Å². The molecule has 0 saturated heterocycles. The number of aliphatic hydroxyl groups is 1. The molecule has 0 bridgehead atoms. The predicted octanol–water partition coefficient (Wildman–Crippen LogP) is 2.15. The summed E-state index contributed by atoms with van der Waals surface area (Å²) in [6, 6.07) is 3.24. The molecule has 0 aliphatic rings. The smallest absolute Gasteiger partial charge is 0.126 e. The van der Waals surface area contributed by atoms with Gasteiger partial charge in [-0.3, -0.25) is 0 Å². The molecule has 2 unspecified atom stereocenters. The van der Waals surface area contributed by atoms with Gasteiger partial charge in [0.15, 0.2) is 0 Å². The lowest BCUT2D eigenvalue weighted by Gasteiger charge is -2.18. The molecule has 1 aromatic rings. The summed E-state index contributed by atoms with van der Waals surface area (Å²) in [6.07, 6.45) is -0.648. The standard InChI is InChI=1S/C12H16F2O2/c1-8(7-16-2)12(15)6-9-5-10(13)3-4-11(9)14/h3-5,8,12,15H,6-7H2,1-2H3. The van der Waals surface area contributed by atoms with Gasteiger partial charge >= 0.3 is 0 Å². The van der Waals surface area contributed by atoms with Crippen molar-refractivity contribution in [3.05, 3.63) is 35.4 Å². The lowest BCUT2D eigenvalue weighted by atomic mass is 9.98. The molecule has 0 aliphatic heterocycles. The van der Waals surface area contributed by atoms with Gasteiger partial charge in [-0.15, -0.1) is 0 Å². The van der Waals surface area contributed by atoms with E-state index in [1.54, 1.807) is 6.92 Å². The maximum atomic E-state index is 13.3. The molecule has 0 amide bonds. The molecule has 4 heteroatoms. The summed E-state index contributed by atoms with van der Waals surface area (Å²) >= 11 is 0. The van der Waals surface area contributed by atoms with Crippen molar-refractivity contribution < 1.29 is 18.6 Å². The zero-order chi connectivity index (χ0) is 12.1. The Morgan fingerprint density at radius 1 is 1.38 bits per heavy atom. The van der Waals surface area contributed by atoms with Crippen LogP contribution in [-0.2, 0) is 11.2 Å². The van der Waals surface area contributed by atoms with E-state index in [1.165, 1.54) is 7.11 Å². The van der Waals surface area contributed by atoms with Crippen molar-refractivity contribution in [3.8, 4) is 0 Å². The van der Waals surface area contributed by atoms with Crippen LogP contribution >= 0.6 is 0 Å². The first kappa shape index (κ1) is 13.1. The number of benzene rings is 1. The van der Waals surface area contributed by atoms with Crippen molar-refractivity contribution in [1.82, 2.24) is 0 Å². The molecule has 0 spiro atoms. The highest BCUT2D eigenvalue weighted by atomic mass is 19.1. The normalized spacial score (nSPS) is 14.8. The molecular weight excluding hydrogens is 214 g/mol. The van der Waals surface area contributed by atoms with E-state index in [1.807, 2.05) is 0 Å². The molecule has 0 radical (unpaired) electrons. The molecule has 16 heavy (non-hydrogen) atoms. The summed E-state index contributed by atoms with van der Waals surface area (Å²) in [5.41, 5.74) is 0.190. The Morgan fingerprint density at radius 3 is 2.69 bits per heavy atom. The molecule has 0 fully saturated rings. The fourth-order valence-electron chi connectivity index (χ4n) is 1.50. The second-order valence-electron chi connectivity index (χ2n) is 3.94. The number of aliphatic hydroxyl groups excluding tert-OH is 1. The van der Waals surface area contributed by atoms with E-state index in [2.05, 4.69) is 0 Å². The van der Waals surface area contributed by atoms with Crippen molar-refractivity contribution in [2.45, 2.75) is 19.4 Å². The molecule has 1 rings (SSSR count). The molecule has 0 heterocycles. The monoisotopic (exact) mass is 230 g/mol. The van der Waals surface area contributed by atoms with Gasteiger partial charge in [0.1, 0.15) is 11.6 Å². The molecule has 2 atom stereocenters. The number of ether oxygens (including phenoxy) is 1. The second kappa shape index (κ2) is 5.92. The average Bonchev–Trinajstić information content (AvgIpc) is 2.23. The van der Waals surface area contributed by atoms with E-state index in [9.17, 15) is 13.9 Å². The summed E-state index contributed by atoms with van der Waals surface area (Å²) in [4.78, 5) is 0. The van der Waals surface area contributed by atoms with E-state index >= 15 is 0 Å². The Morgan fingerprint density at radius 2 is 2.06 bits per heavy atom. The van der Waals surface area contributed by atoms with Crippen LogP contribution in [0.4, 0.5) is 8.78 Å². The van der Waals surface area contributed by atoms with Gasteiger partial charge in [-0.05, 0) is 23.8 Å². The summed E-state index contributed by atoms with van der Waals surface area (Å²) in [6.45, 7) is 2.18. The van der Waals surface area contributed by atoms with E-state index < -0.39 is 17.7 Å². The van der Waals surface area contributed by atoms with Gasteiger partial charge < -0.3 is 9.84 Å². The lowest BCUT2D eigenvalue weighted by molar-refractivity contribution is 0.0569. The van der Waals surface area contributed by atoms with Crippen LogP contribution in [0.1, 0.15) is 12.5 Å². The SMILES string of the molecule is COCC(C)C(O)Cc1cc(F)ccc1F. The third-order valence-electron chi connectivity index (χ3n) is 2.52. The highest BCUT2D eigenvalue weighted by Crippen LogP contribution is 2.15. The van der Waals surface area contributed by atoms with Gasteiger partial charge in [0.05, 0.1) is 12.7 Å². The van der Waals surface area contributed by atoms with Crippen LogP contribution in [0.3, 0.4) is 0 Å². The van der Waals surface area contributed by atoms with Gasteiger partial charge in [-0.1, -0.05) is 6.92 Å². The van der Waals surface area contributed by atoms with E-state index in [0.717, 1.165) is 18.2 Å². The maximum Gasteiger partial charge on any atom is 0.126 e. The third-order valence-corrected chi connectivity index (χ3v) is 2.52. The second-order valence-corrected chi connectivity index (χ2v) is 3.94. The Kier molecular flexibility index (Phi) is 4.83. The predicted molar refractivity (Wildman–Crippen MR) is 57.1 cm³/mol. The third kappa shape index (κ3) is 3.54. The number of methoxy groups -OCH3 is 1. The number of hydrogen-bond donors (Lipinski definition) is 1.